The molecule has 1 aliphatic rings. The number of nitrogens with zero attached hydrogens (tertiary/aromatic N) is 2. The van der Waals surface area contributed by atoms with E-state index < -0.39 is 15.9 Å². The Kier molecular flexibility index (Phi) is 8.48. The number of benzene rings is 2. The Labute approximate surface area is 225 Å². The number of carbonyl (C=O) groups excluding carboxylic acids is 1. The molecule has 1 aromatic heterocycles. The topological polar surface area (TPSA) is 97.4 Å². The highest BCUT2D eigenvalue weighted by molar-refractivity contribution is 7.93. The first kappa shape index (κ1) is 27.1. The van der Waals surface area contributed by atoms with Crippen molar-refractivity contribution in [1.82, 2.24) is 0 Å². The SMILES string of the molecule is CCOc1ccc(N(C)S(=O)(=O)c2cc(Cl)sc2C(=O)Nc2ccc(N3CCOCC3)cc2)cc1OC. The number of morpholine rings is 1. The Morgan fingerprint density at radius 1 is 1.14 bits per heavy atom. The van der Waals surface area contributed by atoms with Crippen LogP contribution < -0.4 is 24.0 Å². The second-order valence-electron chi connectivity index (χ2n) is 8.09. The zero-order valence-electron chi connectivity index (χ0n) is 20.7. The van der Waals surface area contributed by atoms with Gasteiger partial charge < -0.3 is 24.4 Å². The standard InChI is InChI=1S/C25H28ClN3O6S2/c1-4-35-20-10-9-19(15-21(20)33-3)28(2)37(31,32)22-16-23(26)36-24(22)25(30)27-17-5-7-18(8-6-17)29-11-13-34-14-12-29/h5-10,15-16H,4,11-14H2,1-3H3,(H,27,30). The number of rotatable bonds is 9. The van der Waals surface area contributed by atoms with E-state index in [1.165, 1.54) is 20.2 Å². The van der Waals surface area contributed by atoms with Gasteiger partial charge in [0.2, 0.25) is 0 Å². The molecule has 12 heteroatoms. The number of anilines is 3. The van der Waals surface area contributed by atoms with Gasteiger partial charge in [0, 0.05) is 37.6 Å². The van der Waals surface area contributed by atoms with E-state index in [0.29, 0.717) is 42.7 Å². The first-order valence-electron chi connectivity index (χ1n) is 11.6. The molecule has 0 radical (unpaired) electrons. The molecular weight excluding hydrogens is 538 g/mol. The Balaban J connectivity index is 1.56. The average Bonchev–Trinajstić information content (AvgIpc) is 3.32. The number of sulfonamides is 1. The molecule has 0 saturated carbocycles. The predicted molar refractivity (Wildman–Crippen MR) is 147 cm³/mol. The van der Waals surface area contributed by atoms with Crippen molar-refractivity contribution in [2.45, 2.75) is 11.8 Å². The number of amides is 1. The van der Waals surface area contributed by atoms with Crippen molar-refractivity contribution in [1.29, 1.82) is 0 Å². The Bertz CT molecular complexity index is 1360. The van der Waals surface area contributed by atoms with Gasteiger partial charge >= 0.3 is 0 Å². The molecule has 198 valence electrons. The van der Waals surface area contributed by atoms with Crippen LogP contribution in [0, 0.1) is 0 Å². The molecule has 4 rings (SSSR count). The van der Waals surface area contributed by atoms with Crippen LogP contribution in [0.1, 0.15) is 16.6 Å². The van der Waals surface area contributed by atoms with Gasteiger partial charge in [-0.3, -0.25) is 9.10 Å². The van der Waals surface area contributed by atoms with Crippen molar-refractivity contribution in [3.05, 3.63) is 57.7 Å². The third kappa shape index (κ3) is 5.96. The van der Waals surface area contributed by atoms with Crippen LogP contribution in [0.4, 0.5) is 17.1 Å². The first-order chi connectivity index (χ1) is 17.7. The van der Waals surface area contributed by atoms with Crippen molar-refractivity contribution in [2.75, 3.05) is 61.6 Å². The Morgan fingerprint density at radius 3 is 2.49 bits per heavy atom. The normalized spacial score (nSPS) is 13.8. The molecule has 9 nitrogen and oxygen atoms in total. The summed E-state index contributed by atoms with van der Waals surface area (Å²) in [6.07, 6.45) is 0. The molecule has 1 fully saturated rings. The molecule has 2 heterocycles. The average molecular weight is 566 g/mol. The zero-order valence-corrected chi connectivity index (χ0v) is 23.1. The van der Waals surface area contributed by atoms with Gasteiger partial charge in [-0.05, 0) is 49.4 Å². The molecule has 0 bridgehead atoms. The van der Waals surface area contributed by atoms with E-state index in [9.17, 15) is 13.2 Å². The van der Waals surface area contributed by atoms with E-state index in [1.54, 1.807) is 30.3 Å². The fraction of sp³-hybridized carbons (Fsp3) is 0.320. The number of hydrogen-bond acceptors (Lipinski definition) is 8. The summed E-state index contributed by atoms with van der Waals surface area (Å²) in [5.41, 5.74) is 1.91. The molecule has 37 heavy (non-hydrogen) atoms. The smallest absolute Gasteiger partial charge is 0.267 e. The summed E-state index contributed by atoms with van der Waals surface area (Å²) >= 11 is 7.09. The summed E-state index contributed by atoms with van der Waals surface area (Å²) in [6.45, 7) is 5.23. The van der Waals surface area contributed by atoms with Crippen molar-refractivity contribution in [3.63, 3.8) is 0 Å². The maximum atomic E-state index is 13.6. The highest BCUT2D eigenvalue weighted by Gasteiger charge is 2.30. The molecule has 1 aliphatic heterocycles. The number of ether oxygens (including phenoxy) is 3. The molecule has 0 aliphatic carbocycles. The minimum atomic E-state index is -4.13. The second-order valence-corrected chi connectivity index (χ2v) is 11.7. The van der Waals surface area contributed by atoms with E-state index in [2.05, 4.69) is 10.2 Å². The summed E-state index contributed by atoms with van der Waals surface area (Å²) in [5, 5.41) is 2.78. The second kappa shape index (κ2) is 11.6. The summed E-state index contributed by atoms with van der Waals surface area (Å²) in [7, 11) is -1.25. The van der Waals surface area contributed by atoms with Crippen molar-refractivity contribution < 1.29 is 27.4 Å². The summed E-state index contributed by atoms with van der Waals surface area (Å²) < 4.78 is 44.6. The van der Waals surface area contributed by atoms with E-state index >= 15 is 0 Å². The Hall–Kier alpha value is -2.99. The van der Waals surface area contributed by atoms with Gasteiger partial charge in [0.25, 0.3) is 15.9 Å². The number of methoxy groups -OCH3 is 1. The van der Waals surface area contributed by atoms with Gasteiger partial charge in [0.1, 0.15) is 9.77 Å². The highest BCUT2D eigenvalue weighted by atomic mass is 35.5. The maximum absolute atomic E-state index is 13.6. The van der Waals surface area contributed by atoms with Gasteiger partial charge in [0.05, 0.1) is 37.0 Å². The lowest BCUT2D eigenvalue weighted by molar-refractivity contribution is 0.102. The van der Waals surface area contributed by atoms with Crippen molar-refractivity contribution in [3.8, 4) is 11.5 Å². The monoisotopic (exact) mass is 565 g/mol. The van der Waals surface area contributed by atoms with E-state index in [-0.39, 0.29) is 14.1 Å². The molecule has 1 N–H and O–H groups in total. The quantitative estimate of drug-likeness (QED) is 0.401. The third-order valence-electron chi connectivity index (χ3n) is 5.82. The van der Waals surface area contributed by atoms with Crippen LogP contribution in [0.2, 0.25) is 4.34 Å². The maximum Gasteiger partial charge on any atom is 0.267 e. The zero-order chi connectivity index (χ0) is 26.6. The fourth-order valence-electron chi connectivity index (χ4n) is 3.87. The number of nitrogens with one attached hydrogen (secondary N) is 1. The van der Waals surface area contributed by atoms with E-state index in [1.807, 2.05) is 19.1 Å². The van der Waals surface area contributed by atoms with Crippen LogP contribution in [0.25, 0.3) is 0 Å². The lowest BCUT2D eigenvalue weighted by Crippen LogP contribution is -2.36. The lowest BCUT2D eigenvalue weighted by Gasteiger charge is -2.28. The van der Waals surface area contributed by atoms with Crippen LogP contribution in [-0.4, -0.2) is 61.4 Å². The van der Waals surface area contributed by atoms with Gasteiger partial charge in [0.15, 0.2) is 11.5 Å². The number of carbonyl (C=O) groups is 1. The lowest BCUT2D eigenvalue weighted by atomic mass is 10.2. The summed E-state index contributed by atoms with van der Waals surface area (Å²) in [5.74, 6) is 0.327. The van der Waals surface area contributed by atoms with Crippen molar-refractivity contribution >= 4 is 55.9 Å². The molecule has 0 unspecified atom stereocenters. The molecule has 3 aromatic rings. The molecule has 1 saturated heterocycles. The molecule has 0 spiro atoms. The number of halogens is 1. The fourth-order valence-corrected chi connectivity index (χ4v) is 6.75. The first-order valence-corrected chi connectivity index (χ1v) is 14.2. The largest absolute Gasteiger partial charge is 0.493 e. The highest BCUT2D eigenvalue weighted by Crippen LogP contribution is 2.37. The van der Waals surface area contributed by atoms with Crippen LogP contribution >= 0.6 is 22.9 Å². The van der Waals surface area contributed by atoms with Gasteiger partial charge in [-0.25, -0.2) is 8.42 Å². The molecule has 1 amide bonds. The Morgan fingerprint density at radius 2 is 1.84 bits per heavy atom. The molecular formula is C25H28ClN3O6S2. The van der Waals surface area contributed by atoms with Crippen LogP contribution in [0.5, 0.6) is 11.5 Å². The van der Waals surface area contributed by atoms with Gasteiger partial charge in [-0.2, -0.15) is 0 Å². The molecule has 2 aromatic carbocycles. The third-order valence-corrected chi connectivity index (χ3v) is 9.03. The van der Waals surface area contributed by atoms with Crippen molar-refractivity contribution in [2.24, 2.45) is 0 Å². The van der Waals surface area contributed by atoms with E-state index in [4.69, 9.17) is 25.8 Å². The number of hydrogen-bond donors (Lipinski definition) is 1. The minimum absolute atomic E-state index is 0.00740. The summed E-state index contributed by atoms with van der Waals surface area (Å²) in [6, 6.07) is 13.5. The van der Waals surface area contributed by atoms with Crippen LogP contribution in [0.3, 0.4) is 0 Å². The molecule has 0 atom stereocenters. The predicted octanol–water partition coefficient (Wildman–Crippen LogP) is 4.72. The van der Waals surface area contributed by atoms with Crippen LogP contribution in [-0.2, 0) is 14.8 Å². The van der Waals surface area contributed by atoms with E-state index in [0.717, 1.165) is 34.4 Å². The minimum Gasteiger partial charge on any atom is -0.493 e. The summed E-state index contributed by atoms with van der Waals surface area (Å²) in [4.78, 5) is 15.2. The van der Waals surface area contributed by atoms with Gasteiger partial charge in [-0.1, -0.05) is 11.6 Å². The van der Waals surface area contributed by atoms with Gasteiger partial charge in [-0.15, -0.1) is 11.3 Å². The van der Waals surface area contributed by atoms with Crippen LogP contribution in [0.15, 0.2) is 53.4 Å². The number of thiophene rings is 1.